The second-order valence-corrected chi connectivity index (χ2v) is 7.05. The Bertz CT molecular complexity index is 495. The number of hydrogen-bond acceptors (Lipinski definition) is 4. The van der Waals surface area contributed by atoms with Gasteiger partial charge in [0.05, 0.1) is 19.1 Å². The molecule has 86 valence electrons. The number of hydrazine groups is 1. The third-order valence-electron chi connectivity index (χ3n) is 2.04. The van der Waals surface area contributed by atoms with Crippen LogP contribution in [0.4, 0.5) is 0 Å². The first-order valence-electron chi connectivity index (χ1n) is 4.28. The first-order valence-corrected chi connectivity index (χ1v) is 7.04. The van der Waals surface area contributed by atoms with Gasteiger partial charge in [-0.2, -0.15) is 0 Å². The molecule has 0 aliphatic heterocycles. The van der Waals surface area contributed by atoms with Crippen LogP contribution in [0.3, 0.4) is 0 Å². The number of nitrogens with one attached hydrogen (secondary N) is 1. The maximum Gasteiger partial charge on any atom is 0.0996 e. The van der Waals surface area contributed by atoms with Crippen molar-refractivity contribution >= 4 is 57.5 Å². The molecule has 1 atom stereocenters. The lowest BCUT2D eigenvalue weighted by Crippen LogP contribution is -2.28. The molecule has 16 heavy (non-hydrogen) atoms. The molecular formula is C9H7Cl3N2S2. The molecule has 7 heteroatoms. The Morgan fingerprint density at radius 2 is 1.88 bits per heavy atom. The van der Waals surface area contributed by atoms with E-state index in [2.05, 4.69) is 5.43 Å². The van der Waals surface area contributed by atoms with Gasteiger partial charge in [0.15, 0.2) is 0 Å². The molecule has 0 amide bonds. The van der Waals surface area contributed by atoms with Crippen molar-refractivity contribution in [3.8, 4) is 0 Å². The standard InChI is InChI=1S/C9H7Cl3N2S2/c10-6-2-1-5(15-6)8(14-13)4-3-7(11)16-9(4)12/h1-3,8,14H,13H2. The molecule has 1 unspecified atom stereocenters. The Hall–Kier alpha value is 0.190. The molecule has 2 aromatic rings. The van der Waals surface area contributed by atoms with Crippen LogP contribution < -0.4 is 11.3 Å². The fourth-order valence-electron chi connectivity index (χ4n) is 1.36. The van der Waals surface area contributed by atoms with E-state index in [0.29, 0.717) is 13.0 Å². The number of hydrogen-bond donors (Lipinski definition) is 2. The molecule has 0 fully saturated rings. The van der Waals surface area contributed by atoms with Crippen molar-refractivity contribution in [3.63, 3.8) is 0 Å². The van der Waals surface area contributed by atoms with Crippen molar-refractivity contribution in [2.24, 2.45) is 5.84 Å². The third-order valence-corrected chi connectivity index (χ3v) is 4.85. The average Bonchev–Trinajstić information content (AvgIpc) is 2.76. The fraction of sp³-hybridized carbons (Fsp3) is 0.111. The first kappa shape index (κ1) is 12.6. The van der Waals surface area contributed by atoms with Gasteiger partial charge in [-0.25, -0.2) is 5.43 Å². The average molecular weight is 314 g/mol. The summed E-state index contributed by atoms with van der Waals surface area (Å²) in [6, 6.07) is 5.38. The van der Waals surface area contributed by atoms with Crippen LogP contribution in [0, 0.1) is 0 Å². The molecule has 0 aliphatic carbocycles. The maximum absolute atomic E-state index is 6.09. The predicted octanol–water partition coefficient (Wildman–Crippen LogP) is 4.32. The van der Waals surface area contributed by atoms with E-state index in [4.69, 9.17) is 40.6 Å². The summed E-state index contributed by atoms with van der Waals surface area (Å²) in [5.41, 5.74) is 3.59. The van der Waals surface area contributed by atoms with Crippen molar-refractivity contribution in [1.29, 1.82) is 0 Å². The van der Waals surface area contributed by atoms with E-state index in [-0.39, 0.29) is 6.04 Å². The van der Waals surface area contributed by atoms with Crippen LogP contribution in [0.1, 0.15) is 16.5 Å². The van der Waals surface area contributed by atoms with E-state index in [1.807, 2.05) is 18.2 Å². The predicted molar refractivity (Wildman–Crippen MR) is 72.8 cm³/mol. The normalized spacial score (nSPS) is 13.0. The number of thiophene rings is 2. The quantitative estimate of drug-likeness (QED) is 0.654. The fourth-order valence-corrected chi connectivity index (χ4v) is 4.03. The zero-order valence-corrected chi connectivity index (χ0v) is 11.7. The largest absolute Gasteiger partial charge is 0.271 e. The van der Waals surface area contributed by atoms with Crippen LogP contribution in [0.25, 0.3) is 0 Å². The van der Waals surface area contributed by atoms with E-state index in [0.717, 1.165) is 10.4 Å². The Kier molecular flexibility index (Phi) is 4.13. The van der Waals surface area contributed by atoms with Crippen molar-refractivity contribution < 1.29 is 0 Å². The van der Waals surface area contributed by atoms with Gasteiger partial charge >= 0.3 is 0 Å². The zero-order chi connectivity index (χ0) is 11.7. The smallest absolute Gasteiger partial charge is 0.0996 e. The van der Waals surface area contributed by atoms with Gasteiger partial charge in [0, 0.05) is 10.4 Å². The minimum Gasteiger partial charge on any atom is -0.271 e. The Labute approximate surface area is 116 Å². The molecule has 2 heterocycles. The summed E-state index contributed by atoms with van der Waals surface area (Å²) in [6.07, 6.45) is 0. The van der Waals surface area contributed by atoms with Gasteiger partial charge in [0.1, 0.15) is 0 Å². The highest BCUT2D eigenvalue weighted by Crippen LogP contribution is 2.39. The summed E-state index contributed by atoms with van der Waals surface area (Å²) in [5, 5.41) is 0. The van der Waals surface area contributed by atoms with E-state index < -0.39 is 0 Å². The molecule has 0 saturated heterocycles. The minimum atomic E-state index is -0.172. The van der Waals surface area contributed by atoms with Crippen molar-refractivity contribution in [3.05, 3.63) is 41.6 Å². The van der Waals surface area contributed by atoms with Crippen LogP contribution >= 0.6 is 57.5 Å². The van der Waals surface area contributed by atoms with Crippen LogP contribution in [0.15, 0.2) is 18.2 Å². The molecule has 0 saturated carbocycles. The molecule has 2 nitrogen and oxygen atoms in total. The summed E-state index contributed by atoms with van der Waals surface area (Å²) in [5.74, 6) is 5.54. The lowest BCUT2D eigenvalue weighted by molar-refractivity contribution is 0.648. The first-order chi connectivity index (χ1) is 7.61. The Balaban J connectivity index is 2.40. The van der Waals surface area contributed by atoms with Crippen LogP contribution in [-0.2, 0) is 0 Å². The molecule has 0 aromatic carbocycles. The lowest BCUT2D eigenvalue weighted by atomic mass is 10.1. The number of nitrogens with two attached hydrogens (primary N) is 1. The van der Waals surface area contributed by atoms with E-state index in [1.54, 1.807) is 0 Å². The van der Waals surface area contributed by atoms with Gasteiger partial charge in [0.2, 0.25) is 0 Å². The monoisotopic (exact) mass is 312 g/mol. The summed E-state index contributed by atoms with van der Waals surface area (Å²) in [6.45, 7) is 0. The molecular weight excluding hydrogens is 307 g/mol. The third kappa shape index (κ3) is 2.54. The SMILES string of the molecule is NNC(c1ccc(Cl)s1)c1cc(Cl)sc1Cl. The summed E-state index contributed by atoms with van der Waals surface area (Å²) < 4.78 is 1.99. The lowest BCUT2D eigenvalue weighted by Gasteiger charge is -2.13. The van der Waals surface area contributed by atoms with Gasteiger partial charge in [-0.05, 0) is 18.2 Å². The van der Waals surface area contributed by atoms with E-state index in [1.165, 1.54) is 22.7 Å². The summed E-state index contributed by atoms with van der Waals surface area (Å²) >= 11 is 20.7. The Morgan fingerprint density at radius 3 is 2.31 bits per heavy atom. The van der Waals surface area contributed by atoms with Crippen LogP contribution in [-0.4, -0.2) is 0 Å². The van der Waals surface area contributed by atoms with Crippen LogP contribution in [0.5, 0.6) is 0 Å². The second-order valence-electron chi connectivity index (χ2n) is 3.02. The van der Waals surface area contributed by atoms with Crippen molar-refractivity contribution in [1.82, 2.24) is 5.43 Å². The minimum absolute atomic E-state index is 0.172. The Morgan fingerprint density at radius 1 is 1.12 bits per heavy atom. The number of halogens is 3. The van der Waals surface area contributed by atoms with Gasteiger partial charge in [-0.15, -0.1) is 22.7 Å². The molecule has 3 N–H and O–H groups in total. The second kappa shape index (κ2) is 5.23. The zero-order valence-electron chi connectivity index (χ0n) is 7.84. The number of rotatable bonds is 3. The van der Waals surface area contributed by atoms with Gasteiger partial charge in [-0.3, -0.25) is 5.84 Å². The highest BCUT2D eigenvalue weighted by Gasteiger charge is 2.19. The maximum atomic E-state index is 6.09. The molecule has 0 bridgehead atoms. The molecule has 0 spiro atoms. The van der Waals surface area contributed by atoms with Gasteiger partial charge in [0.25, 0.3) is 0 Å². The highest BCUT2D eigenvalue weighted by atomic mass is 35.5. The molecule has 0 radical (unpaired) electrons. The molecule has 2 rings (SSSR count). The van der Waals surface area contributed by atoms with Crippen molar-refractivity contribution in [2.75, 3.05) is 0 Å². The highest BCUT2D eigenvalue weighted by molar-refractivity contribution is 7.20. The molecule has 0 aliphatic rings. The van der Waals surface area contributed by atoms with E-state index >= 15 is 0 Å². The summed E-state index contributed by atoms with van der Waals surface area (Å²) in [7, 11) is 0. The van der Waals surface area contributed by atoms with Crippen molar-refractivity contribution in [2.45, 2.75) is 6.04 Å². The molecule has 2 aromatic heterocycles. The van der Waals surface area contributed by atoms with Gasteiger partial charge in [-0.1, -0.05) is 34.8 Å². The van der Waals surface area contributed by atoms with Crippen LogP contribution in [0.2, 0.25) is 13.0 Å². The topological polar surface area (TPSA) is 38.0 Å². The summed E-state index contributed by atoms with van der Waals surface area (Å²) in [4.78, 5) is 1.00. The van der Waals surface area contributed by atoms with E-state index in [9.17, 15) is 0 Å². The van der Waals surface area contributed by atoms with Gasteiger partial charge < -0.3 is 0 Å².